The fraction of sp³-hybridized carbons (Fsp3) is 0.435. The van der Waals surface area contributed by atoms with E-state index in [2.05, 4.69) is 25.3 Å². The van der Waals surface area contributed by atoms with Crippen molar-refractivity contribution in [3.63, 3.8) is 0 Å². The summed E-state index contributed by atoms with van der Waals surface area (Å²) in [6.45, 7) is 4.28. The molecular formula is C23H26ClFN6O. The Labute approximate surface area is 191 Å². The summed E-state index contributed by atoms with van der Waals surface area (Å²) in [6.07, 6.45) is 2.20. The van der Waals surface area contributed by atoms with Crippen molar-refractivity contribution < 1.29 is 9.13 Å². The molecule has 0 radical (unpaired) electrons. The Morgan fingerprint density at radius 3 is 2.59 bits per heavy atom. The van der Waals surface area contributed by atoms with Gasteiger partial charge in [-0.2, -0.15) is 0 Å². The van der Waals surface area contributed by atoms with Crippen LogP contribution in [0.25, 0.3) is 0 Å². The quantitative estimate of drug-likeness (QED) is 0.565. The number of ether oxygens (including phenoxy) is 1. The van der Waals surface area contributed by atoms with E-state index < -0.39 is 0 Å². The summed E-state index contributed by atoms with van der Waals surface area (Å²) < 4.78 is 22.0. The molecule has 5 rings (SSSR count). The number of rotatable bonds is 6. The molecule has 0 unspecified atom stereocenters. The molecule has 3 heterocycles. The van der Waals surface area contributed by atoms with Crippen molar-refractivity contribution >= 4 is 17.3 Å². The van der Waals surface area contributed by atoms with E-state index in [9.17, 15) is 4.39 Å². The first-order chi connectivity index (χ1) is 15.7. The zero-order chi connectivity index (χ0) is 21.9. The molecule has 0 amide bonds. The molecule has 2 saturated heterocycles. The Morgan fingerprint density at radius 2 is 1.84 bits per heavy atom. The van der Waals surface area contributed by atoms with Gasteiger partial charge in [-0.15, -0.1) is 5.10 Å². The van der Waals surface area contributed by atoms with E-state index >= 15 is 0 Å². The molecule has 2 aliphatic rings. The van der Waals surface area contributed by atoms with Crippen molar-refractivity contribution in [3.8, 4) is 0 Å². The summed E-state index contributed by atoms with van der Waals surface area (Å²) in [7, 11) is 0. The number of para-hydroxylation sites is 1. The number of tetrazole rings is 1. The number of nitrogens with zero attached hydrogens (tertiary/aromatic N) is 6. The first-order valence-corrected chi connectivity index (χ1v) is 11.4. The van der Waals surface area contributed by atoms with Gasteiger partial charge in [-0.1, -0.05) is 41.9 Å². The first kappa shape index (κ1) is 21.3. The summed E-state index contributed by atoms with van der Waals surface area (Å²) in [5.74, 6) is 0.567. The third kappa shape index (κ3) is 4.35. The zero-order valence-corrected chi connectivity index (χ0v) is 18.5. The third-order valence-corrected chi connectivity index (χ3v) is 6.62. The van der Waals surface area contributed by atoms with Crippen LogP contribution in [0.1, 0.15) is 30.3 Å². The molecule has 0 bridgehead atoms. The molecule has 2 aromatic carbocycles. The third-order valence-electron chi connectivity index (χ3n) is 6.28. The van der Waals surface area contributed by atoms with Gasteiger partial charge in [0, 0.05) is 37.8 Å². The standard InChI is InChI=1S/C23H26ClFN6O/c24-19-8-2-1-7-18(19)22(23-26-27-28-31(23)16-17-6-5-15-32-17)30-13-11-29(12-14-30)21-10-4-3-9-20(21)25/h1-4,7-10,17,22H,5-6,11-16H2/t17-,22-/m0/s1. The maximum atomic E-state index is 14.3. The molecule has 2 aliphatic heterocycles. The summed E-state index contributed by atoms with van der Waals surface area (Å²) in [5.41, 5.74) is 1.61. The van der Waals surface area contributed by atoms with Crippen molar-refractivity contribution in [1.82, 2.24) is 25.1 Å². The van der Waals surface area contributed by atoms with Gasteiger partial charge in [-0.3, -0.25) is 4.90 Å². The summed E-state index contributed by atoms with van der Waals surface area (Å²) in [6, 6.07) is 14.6. The number of hydrogen-bond donors (Lipinski definition) is 0. The van der Waals surface area contributed by atoms with Crippen LogP contribution in [0.15, 0.2) is 48.5 Å². The van der Waals surface area contributed by atoms with Crippen molar-refractivity contribution in [1.29, 1.82) is 0 Å². The fourth-order valence-electron chi connectivity index (χ4n) is 4.64. The van der Waals surface area contributed by atoms with Crippen LogP contribution in [0.5, 0.6) is 0 Å². The Hall–Kier alpha value is -2.55. The molecule has 2 fully saturated rings. The SMILES string of the molecule is Fc1ccccc1N1CCN([C@@H](c2ccccc2Cl)c2nnnn2C[C@@H]2CCCO2)CC1. The smallest absolute Gasteiger partial charge is 0.173 e. The molecule has 3 aromatic rings. The minimum absolute atomic E-state index is 0.127. The second-order valence-electron chi connectivity index (χ2n) is 8.25. The predicted octanol–water partition coefficient (Wildman–Crippen LogP) is 3.56. The number of aromatic nitrogens is 4. The van der Waals surface area contributed by atoms with Crippen LogP contribution in [-0.2, 0) is 11.3 Å². The van der Waals surface area contributed by atoms with Crippen LogP contribution < -0.4 is 4.90 Å². The van der Waals surface area contributed by atoms with Gasteiger partial charge >= 0.3 is 0 Å². The lowest BCUT2D eigenvalue weighted by Crippen LogP contribution is -2.48. The lowest BCUT2D eigenvalue weighted by Gasteiger charge is -2.40. The largest absolute Gasteiger partial charge is 0.376 e. The van der Waals surface area contributed by atoms with Crippen LogP contribution in [0, 0.1) is 5.82 Å². The average Bonchev–Trinajstić information content (AvgIpc) is 3.49. The molecule has 0 N–H and O–H groups in total. The van der Waals surface area contributed by atoms with E-state index in [0.717, 1.165) is 43.9 Å². The van der Waals surface area contributed by atoms with Gasteiger partial charge in [0.1, 0.15) is 5.82 Å². The van der Waals surface area contributed by atoms with Gasteiger partial charge in [-0.25, -0.2) is 9.07 Å². The zero-order valence-electron chi connectivity index (χ0n) is 17.8. The van der Waals surface area contributed by atoms with Gasteiger partial charge in [0.25, 0.3) is 0 Å². The minimum atomic E-state index is -0.192. The number of piperazine rings is 1. The topological polar surface area (TPSA) is 59.3 Å². The minimum Gasteiger partial charge on any atom is -0.376 e. The lowest BCUT2D eigenvalue weighted by atomic mass is 10.0. The number of halogens is 2. The predicted molar refractivity (Wildman–Crippen MR) is 120 cm³/mol. The van der Waals surface area contributed by atoms with Gasteiger partial charge in [0.15, 0.2) is 5.82 Å². The Balaban J connectivity index is 1.42. The first-order valence-electron chi connectivity index (χ1n) is 11.1. The Kier molecular flexibility index (Phi) is 6.34. The maximum absolute atomic E-state index is 14.3. The number of hydrogen-bond acceptors (Lipinski definition) is 6. The molecule has 1 aromatic heterocycles. The molecule has 168 valence electrons. The number of anilines is 1. The highest BCUT2D eigenvalue weighted by molar-refractivity contribution is 6.31. The molecular weight excluding hydrogens is 431 g/mol. The van der Waals surface area contributed by atoms with E-state index in [4.69, 9.17) is 16.3 Å². The van der Waals surface area contributed by atoms with E-state index in [-0.39, 0.29) is 18.0 Å². The highest BCUT2D eigenvalue weighted by Gasteiger charge is 2.33. The van der Waals surface area contributed by atoms with Gasteiger partial charge < -0.3 is 9.64 Å². The Bertz CT molecular complexity index is 1050. The van der Waals surface area contributed by atoms with Crippen molar-refractivity contribution in [2.45, 2.75) is 31.5 Å². The summed E-state index contributed by atoms with van der Waals surface area (Å²) >= 11 is 6.63. The molecule has 0 aliphatic carbocycles. The molecule has 0 saturated carbocycles. The van der Waals surface area contributed by atoms with Gasteiger partial charge in [-0.05, 0) is 47.0 Å². The normalized spacial score (nSPS) is 20.6. The van der Waals surface area contributed by atoms with Crippen LogP contribution >= 0.6 is 11.6 Å². The highest BCUT2D eigenvalue weighted by Crippen LogP contribution is 2.34. The second-order valence-corrected chi connectivity index (χ2v) is 8.66. The lowest BCUT2D eigenvalue weighted by molar-refractivity contribution is 0.0906. The van der Waals surface area contributed by atoms with Crippen molar-refractivity contribution in [2.24, 2.45) is 0 Å². The maximum Gasteiger partial charge on any atom is 0.173 e. The molecule has 2 atom stereocenters. The molecule has 9 heteroatoms. The van der Waals surface area contributed by atoms with E-state index in [1.54, 1.807) is 6.07 Å². The van der Waals surface area contributed by atoms with Crippen LogP contribution in [-0.4, -0.2) is 64.0 Å². The Morgan fingerprint density at radius 1 is 1.06 bits per heavy atom. The monoisotopic (exact) mass is 456 g/mol. The second kappa shape index (κ2) is 9.52. The van der Waals surface area contributed by atoms with Crippen molar-refractivity contribution in [2.75, 3.05) is 37.7 Å². The van der Waals surface area contributed by atoms with Gasteiger partial charge in [0.2, 0.25) is 0 Å². The highest BCUT2D eigenvalue weighted by atomic mass is 35.5. The average molecular weight is 457 g/mol. The van der Waals surface area contributed by atoms with Gasteiger partial charge in [0.05, 0.1) is 24.4 Å². The fourth-order valence-corrected chi connectivity index (χ4v) is 4.88. The van der Waals surface area contributed by atoms with Crippen LogP contribution in [0.2, 0.25) is 5.02 Å². The summed E-state index contributed by atoms with van der Waals surface area (Å²) in [4.78, 5) is 4.42. The number of benzene rings is 2. The molecule has 0 spiro atoms. The molecule has 7 nitrogen and oxygen atoms in total. The molecule has 32 heavy (non-hydrogen) atoms. The van der Waals surface area contributed by atoms with Crippen LogP contribution in [0.3, 0.4) is 0 Å². The van der Waals surface area contributed by atoms with Crippen molar-refractivity contribution in [3.05, 3.63) is 70.8 Å². The van der Waals surface area contributed by atoms with Crippen LogP contribution in [0.4, 0.5) is 10.1 Å². The summed E-state index contributed by atoms with van der Waals surface area (Å²) in [5, 5.41) is 13.4. The van der Waals surface area contributed by atoms with E-state index in [1.165, 1.54) is 6.07 Å². The van der Waals surface area contributed by atoms with E-state index in [1.807, 2.05) is 41.1 Å². The van der Waals surface area contributed by atoms with E-state index in [0.29, 0.717) is 30.3 Å².